The molecule has 0 unspecified atom stereocenters. The van der Waals surface area contributed by atoms with Gasteiger partial charge < -0.3 is 5.11 Å². The highest BCUT2D eigenvalue weighted by Crippen LogP contribution is 2.60. The number of aliphatic hydroxyl groups excluding tert-OH is 1. The van der Waals surface area contributed by atoms with E-state index < -0.39 is 0 Å². The summed E-state index contributed by atoms with van der Waals surface area (Å²) in [7, 11) is 0. The van der Waals surface area contributed by atoms with Crippen molar-refractivity contribution in [2.75, 3.05) is 0 Å². The predicted molar refractivity (Wildman–Crippen MR) is 82.3 cm³/mol. The van der Waals surface area contributed by atoms with Crippen molar-refractivity contribution < 1.29 is 5.11 Å². The lowest BCUT2D eigenvalue weighted by Gasteiger charge is -2.52. The van der Waals surface area contributed by atoms with E-state index in [2.05, 4.69) is 19.9 Å². The van der Waals surface area contributed by atoms with Crippen LogP contribution in [-0.2, 0) is 0 Å². The van der Waals surface area contributed by atoms with Gasteiger partial charge in [0.2, 0.25) is 0 Å². The van der Waals surface area contributed by atoms with E-state index in [0.717, 1.165) is 30.6 Å². The van der Waals surface area contributed by atoms with Crippen molar-refractivity contribution >= 4 is 0 Å². The van der Waals surface area contributed by atoms with E-state index in [-0.39, 0.29) is 6.10 Å². The Labute approximate surface area is 123 Å². The number of allylic oxidation sites excluding steroid dienone is 3. The number of fused-ring (bicyclic) bond motifs is 4. The van der Waals surface area contributed by atoms with Crippen LogP contribution in [0.1, 0.15) is 65.2 Å². The molecule has 1 heteroatoms. The lowest BCUT2D eigenvalue weighted by atomic mass is 9.53. The lowest BCUT2D eigenvalue weighted by molar-refractivity contribution is 0.0515. The van der Waals surface area contributed by atoms with Gasteiger partial charge in [0.15, 0.2) is 0 Å². The van der Waals surface area contributed by atoms with Crippen molar-refractivity contribution in [3.8, 4) is 0 Å². The van der Waals surface area contributed by atoms with Crippen molar-refractivity contribution in [2.24, 2.45) is 23.2 Å². The average Bonchev–Trinajstić information content (AvgIpc) is 2.82. The highest BCUT2D eigenvalue weighted by molar-refractivity contribution is 5.34. The Morgan fingerprint density at radius 3 is 2.80 bits per heavy atom. The number of rotatable bonds is 0. The molecule has 20 heavy (non-hydrogen) atoms. The summed E-state index contributed by atoms with van der Waals surface area (Å²) >= 11 is 0. The third-order valence-corrected chi connectivity index (χ3v) is 7.13. The Kier molecular flexibility index (Phi) is 2.93. The molecule has 4 aliphatic carbocycles. The third-order valence-electron chi connectivity index (χ3n) is 7.13. The molecule has 0 aliphatic heterocycles. The van der Waals surface area contributed by atoms with Crippen LogP contribution in [0.15, 0.2) is 22.8 Å². The second kappa shape index (κ2) is 4.47. The molecule has 5 atom stereocenters. The third kappa shape index (κ3) is 1.71. The number of hydrogen-bond acceptors (Lipinski definition) is 1. The first-order chi connectivity index (χ1) is 9.59. The zero-order chi connectivity index (χ0) is 13.9. The largest absolute Gasteiger partial charge is 0.393 e. The van der Waals surface area contributed by atoms with Gasteiger partial charge in [-0.1, -0.05) is 36.6 Å². The van der Waals surface area contributed by atoms with E-state index in [1.165, 1.54) is 38.5 Å². The second-order valence-corrected chi connectivity index (χ2v) is 8.02. The molecule has 0 heterocycles. The highest BCUT2D eigenvalue weighted by atomic mass is 16.3. The summed E-state index contributed by atoms with van der Waals surface area (Å²) in [5.74, 6) is 2.56. The Hall–Kier alpha value is -0.560. The van der Waals surface area contributed by atoms with E-state index in [1.807, 2.05) is 11.1 Å². The second-order valence-electron chi connectivity index (χ2n) is 8.02. The SMILES string of the molecule is C[C@H]1CCC2=C1CC[C@H]1[C@H]2CC=C2C[C@@H](O)CC[C@@]21C. The standard InChI is InChI=1S/C19H28O/c1-12-3-5-16-15(12)7-8-18-17(16)6-4-13-11-14(20)9-10-19(13,18)2/h4,12,14,17-18,20H,3,5-11H2,1-2H3/t12-,14-,17-,18-,19-/m0/s1. The van der Waals surface area contributed by atoms with Gasteiger partial charge in [0.25, 0.3) is 0 Å². The van der Waals surface area contributed by atoms with Crippen LogP contribution in [0.2, 0.25) is 0 Å². The molecular weight excluding hydrogens is 244 g/mol. The first kappa shape index (κ1) is 13.1. The van der Waals surface area contributed by atoms with Crippen LogP contribution in [0, 0.1) is 23.2 Å². The minimum atomic E-state index is -0.0734. The summed E-state index contributed by atoms with van der Waals surface area (Å²) in [4.78, 5) is 0. The Morgan fingerprint density at radius 1 is 1.15 bits per heavy atom. The summed E-state index contributed by atoms with van der Waals surface area (Å²) in [6.45, 7) is 4.94. The van der Waals surface area contributed by atoms with Gasteiger partial charge in [-0.25, -0.2) is 0 Å². The topological polar surface area (TPSA) is 20.2 Å². The van der Waals surface area contributed by atoms with Gasteiger partial charge in [-0.05, 0) is 74.5 Å². The molecule has 1 N–H and O–H groups in total. The van der Waals surface area contributed by atoms with Crippen LogP contribution < -0.4 is 0 Å². The molecular formula is C19H28O. The van der Waals surface area contributed by atoms with Gasteiger partial charge >= 0.3 is 0 Å². The van der Waals surface area contributed by atoms with Crippen LogP contribution in [0.5, 0.6) is 0 Å². The van der Waals surface area contributed by atoms with Gasteiger partial charge in [-0.3, -0.25) is 0 Å². The van der Waals surface area contributed by atoms with E-state index >= 15 is 0 Å². The van der Waals surface area contributed by atoms with Gasteiger partial charge in [0.1, 0.15) is 0 Å². The van der Waals surface area contributed by atoms with E-state index in [0.29, 0.717) is 5.41 Å². The Balaban J connectivity index is 1.71. The van der Waals surface area contributed by atoms with Crippen LogP contribution in [0.25, 0.3) is 0 Å². The van der Waals surface area contributed by atoms with Crippen LogP contribution in [0.4, 0.5) is 0 Å². The average molecular weight is 272 g/mol. The van der Waals surface area contributed by atoms with Crippen LogP contribution in [-0.4, -0.2) is 11.2 Å². The summed E-state index contributed by atoms with van der Waals surface area (Å²) in [5.41, 5.74) is 5.68. The van der Waals surface area contributed by atoms with Gasteiger partial charge in [-0.2, -0.15) is 0 Å². The fourth-order valence-electron chi connectivity index (χ4n) is 5.90. The Morgan fingerprint density at radius 2 is 1.95 bits per heavy atom. The minimum Gasteiger partial charge on any atom is -0.393 e. The smallest absolute Gasteiger partial charge is 0.0577 e. The maximum atomic E-state index is 9.99. The molecule has 1 saturated carbocycles. The molecule has 4 aliphatic rings. The monoisotopic (exact) mass is 272 g/mol. The molecule has 1 fully saturated rings. The summed E-state index contributed by atoms with van der Waals surface area (Å²) in [6.07, 6.45) is 12.4. The Bertz CT molecular complexity index is 486. The van der Waals surface area contributed by atoms with Crippen molar-refractivity contribution in [3.05, 3.63) is 22.8 Å². The molecule has 4 rings (SSSR count). The van der Waals surface area contributed by atoms with Crippen molar-refractivity contribution in [2.45, 2.75) is 71.3 Å². The minimum absolute atomic E-state index is 0.0734. The fraction of sp³-hybridized carbons (Fsp3) is 0.789. The first-order valence-corrected chi connectivity index (χ1v) is 8.69. The fourth-order valence-corrected chi connectivity index (χ4v) is 5.90. The molecule has 0 saturated heterocycles. The number of hydrogen-bond donors (Lipinski definition) is 1. The van der Waals surface area contributed by atoms with Gasteiger partial charge in [0.05, 0.1) is 6.10 Å². The highest BCUT2D eigenvalue weighted by Gasteiger charge is 2.49. The van der Waals surface area contributed by atoms with Crippen LogP contribution >= 0.6 is 0 Å². The summed E-state index contributed by atoms with van der Waals surface area (Å²) in [6, 6.07) is 0. The maximum Gasteiger partial charge on any atom is 0.0577 e. The van der Waals surface area contributed by atoms with Gasteiger partial charge in [0, 0.05) is 0 Å². The van der Waals surface area contributed by atoms with Gasteiger partial charge in [-0.15, -0.1) is 0 Å². The van der Waals surface area contributed by atoms with E-state index in [9.17, 15) is 5.11 Å². The van der Waals surface area contributed by atoms with Crippen molar-refractivity contribution in [1.82, 2.24) is 0 Å². The summed E-state index contributed by atoms with van der Waals surface area (Å²) in [5, 5.41) is 9.99. The lowest BCUT2D eigenvalue weighted by Crippen LogP contribution is -2.43. The van der Waals surface area contributed by atoms with E-state index in [4.69, 9.17) is 0 Å². The molecule has 0 aromatic rings. The molecule has 0 bridgehead atoms. The molecule has 0 amide bonds. The molecule has 110 valence electrons. The number of aliphatic hydroxyl groups is 1. The predicted octanol–water partition coefficient (Wildman–Crippen LogP) is 4.62. The first-order valence-electron chi connectivity index (χ1n) is 8.69. The zero-order valence-corrected chi connectivity index (χ0v) is 13.0. The zero-order valence-electron chi connectivity index (χ0n) is 13.0. The summed E-state index contributed by atoms with van der Waals surface area (Å²) < 4.78 is 0. The molecule has 0 radical (unpaired) electrons. The molecule has 1 nitrogen and oxygen atoms in total. The molecule has 0 aromatic heterocycles. The quantitative estimate of drug-likeness (QED) is 0.638. The van der Waals surface area contributed by atoms with Crippen LogP contribution in [0.3, 0.4) is 0 Å². The van der Waals surface area contributed by atoms with E-state index in [1.54, 1.807) is 5.57 Å². The normalized spacial score (nSPS) is 47.5. The molecule has 0 spiro atoms. The molecule has 0 aromatic carbocycles. The maximum absolute atomic E-state index is 9.99. The van der Waals surface area contributed by atoms with Crippen molar-refractivity contribution in [3.63, 3.8) is 0 Å². The van der Waals surface area contributed by atoms with Crippen molar-refractivity contribution in [1.29, 1.82) is 0 Å².